The van der Waals surface area contributed by atoms with Crippen LogP contribution in [0.3, 0.4) is 0 Å². The smallest absolute Gasteiger partial charge is 0.336 e. The van der Waals surface area contributed by atoms with Crippen LogP contribution in [0.5, 0.6) is 0 Å². The number of amides is 2. The van der Waals surface area contributed by atoms with Crippen molar-refractivity contribution in [3.63, 3.8) is 0 Å². The molecule has 1 aliphatic heterocycles. The Morgan fingerprint density at radius 1 is 0.857 bits per heavy atom. The van der Waals surface area contributed by atoms with E-state index in [2.05, 4.69) is 0 Å². The van der Waals surface area contributed by atoms with E-state index < -0.39 is 30.1 Å². The molecule has 0 aliphatic carbocycles. The van der Waals surface area contributed by atoms with E-state index >= 15 is 0 Å². The fourth-order valence-corrected chi connectivity index (χ4v) is 3.75. The summed E-state index contributed by atoms with van der Waals surface area (Å²) in [5.41, 5.74) is 5.43. The number of carbonyl (C=O) groups excluding carboxylic acids is 2. The Balaban J connectivity index is 2.09. The summed E-state index contributed by atoms with van der Waals surface area (Å²) in [6.45, 7) is 0. The zero-order valence-electron chi connectivity index (χ0n) is 14.7. The minimum absolute atomic E-state index is 0.0235. The van der Waals surface area contributed by atoms with Crippen LogP contribution < -0.4 is 5.73 Å². The van der Waals surface area contributed by atoms with Crippen LogP contribution in [0.1, 0.15) is 55.5 Å². The second kappa shape index (κ2) is 7.51. The first kappa shape index (κ1) is 19.1. The maximum atomic E-state index is 12.9. The summed E-state index contributed by atoms with van der Waals surface area (Å²) >= 11 is 0. The van der Waals surface area contributed by atoms with Gasteiger partial charge in [-0.15, -0.1) is 0 Å². The van der Waals surface area contributed by atoms with Gasteiger partial charge in [0.25, 0.3) is 0 Å². The standard InChI is InChI=1S/C20H18N2O6/c21-20(28)22-14(9-10-15(22)17(23)11-5-2-1-3-6-11)16-12(18(24)25)7-4-8-13(16)19(26)27/h1-8,14-15H,9-10H2,(H2,21,28)(H,24,25)(H,26,27). The van der Waals surface area contributed by atoms with E-state index in [0.29, 0.717) is 5.56 Å². The fourth-order valence-electron chi connectivity index (χ4n) is 3.75. The number of rotatable bonds is 5. The highest BCUT2D eigenvalue weighted by Gasteiger charge is 2.43. The number of aromatic carboxylic acids is 2. The highest BCUT2D eigenvalue weighted by Crippen LogP contribution is 2.40. The Morgan fingerprint density at radius 2 is 1.43 bits per heavy atom. The normalized spacial score (nSPS) is 18.6. The number of nitrogens with zero attached hydrogens (tertiary/aromatic N) is 1. The van der Waals surface area contributed by atoms with E-state index in [1.807, 2.05) is 0 Å². The molecule has 2 amide bonds. The molecule has 2 unspecified atom stereocenters. The Bertz CT molecular complexity index is 924. The number of carbonyl (C=O) groups is 4. The molecule has 8 nitrogen and oxygen atoms in total. The number of primary amides is 1. The number of nitrogens with two attached hydrogens (primary N) is 1. The van der Waals surface area contributed by atoms with Gasteiger partial charge in [0, 0.05) is 11.1 Å². The van der Waals surface area contributed by atoms with Crippen LogP contribution in [0, 0.1) is 0 Å². The Labute approximate surface area is 160 Å². The molecule has 1 aliphatic rings. The van der Waals surface area contributed by atoms with Gasteiger partial charge in [-0.25, -0.2) is 14.4 Å². The SMILES string of the molecule is NC(=O)N1C(C(=O)c2ccccc2)CCC1c1c(C(=O)O)cccc1C(=O)O. The molecule has 3 rings (SSSR count). The van der Waals surface area contributed by atoms with Crippen LogP contribution >= 0.6 is 0 Å². The summed E-state index contributed by atoms with van der Waals surface area (Å²) < 4.78 is 0. The van der Waals surface area contributed by atoms with Gasteiger partial charge < -0.3 is 20.8 Å². The summed E-state index contributed by atoms with van der Waals surface area (Å²) in [7, 11) is 0. The van der Waals surface area contributed by atoms with Gasteiger partial charge in [0.2, 0.25) is 0 Å². The highest BCUT2D eigenvalue weighted by atomic mass is 16.4. The number of hydrogen-bond donors (Lipinski definition) is 3. The van der Waals surface area contributed by atoms with E-state index in [1.54, 1.807) is 30.3 Å². The van der Waals surface area contributed by atoms with Crippen LogP contribution in [0.15, 0.2) is 48.5 Å². The quantitative estimate of drug-likeness (QED) is 0.679. The first-order valence-electron chi connectivity index (χ1n) is 8.59. The van der Waals surface area contributed by atoms with Gasteiger partial charge in [0.1, 0.15) is 0 Å². The van der Waals surface area contributed by atoms with Crippen LogP contribution in [0.4, 0.5) is 4.79 Å². The lowest BCUT2D eigenvalue weighted by molar-refractivity contribution is 0.0690. The third-order valence-corrected chi connectivity index (χ3v) is 4.90. The average Bonchev–Trinajstić information content (AvgIpc) is 3.12. The second-order valence-corrected chi connectivity index (χ2v) is 6.46. The molecule has 2 aromatic rings. The second-order valence-electron chi connectivity index (χ2n) is 6.46. The molecule has 2 atom stereocenters. The van der Waals surface area contributed by atoms with Crippen LogP contribution in [-0.2, 0) is 0 Å². The highest BCUT2D eigenvalue weighted by molar-refractivity contribution is 6.02. The molecular formula is C20H18N2O6. The van der Waals surface area contributed by atoms with Gasteiger partial charge in [-0.2, -0.15) is 0 Å². The minimum atomic E-state index is -1.32. The molecule has 28 heavy (non-hydrogen) atoms. The van der Waals surface area contributed by atoms with Gasteiger partial charge in [0.15, 0.2) is 5.78 Å². The molecule has 0 aromatic heterocycles. The van der Waals surface area contributed by atoms with E-state index in [4.69, 9.17) is 5.73 Å². The summed E-state index contributed by atoms with van der Waals surface area (Å²) in [4.78, 5) is 49.5. The van der Waals surface area contributed by atoms with E-state index in [0.717, 1.165) is 4.90 Å². The van der Waals surface area contributed by atoms with Crippen molar-refractivity contribution in [1.82, 2.24) is 4.90 Å². The topological polar surface area (TPSA) is 138 Å². The molecule has 1 fully saturated rings. The number of carboxylic acids is 2. The van der Waals surface area contributed by atoms with Crippen molar-refractivity contribution in [2.24, 2.45) is 5.73 Å². The molecule has 1 saturated heterocycles. The Hall–Kier alpha value is -3.68. The molecule has 144 valence electrons. The lowest BCUT2D eigenvalue weighted by atomic mass is 9.93. The van der Waals surface area contributed by atoms with E-state index in [-0.39, 0.29) is 35.3 Å². The van der Waals surface area contributed by atoms with Crippen molar-refractivity contribution in [2.45, 2.75) is 24.9 Å². The fraction of sp³-hybridized carbons (Fsp3) is 0.200. The molecule has 0 saturated carbocycles. The van der Waals surface area contributed by atoms with Crippen LogP contribution in [0.2, 0.25) is 0 Å². The number of benzene rings is 2. The first-order chi connectivity index (χ1) is 13.3. The van der Waals surface area contributed by atoms with Gasteiger partial charge >= 0.3 is 18.0 Å². The van der Waals surface area contributed by atoms with E-state index in [1.165, 1.54) is 18.2 Å². The lowest BCUT2D eigenvalue weighted by Crippen LogP contribution is -2.45. The summed E-state index contributed by atoms with van der Waals surface area (Å²) in [5.74, 6) is -2.97. The van der Waals surface area contributed by atoms with Gasteiger partial charge in [-0.05, 0) is 25.0 Å². The van der Waals surface area contributed by atoms with Crippen molar-refractivity contribution in [3.05, 3.63) is 70.8 Å². The number of urea groups is 1. The third kappa shape index (κ3) is 3.32. The van der Waals surface area contributed by atoms with Crippen molar-refractivity contribution in [3.8, 4) is 0 Å². The van der Waals surface area contributed by atoms with Gasteiger partial charge in [-0.3, -0.25) is 4.79 Å². The minimum Gasteiger partial charge on any atom is -0.478 e. The zero-order chi connectivity index (χ0) is 20.4. The molecule has 1 heterocycles. The molecule has 0 radical (unpaired) electrons. The molecule has 2 aromatic carbocycles. The van der Waals surface area contributed by atoms with Crippen molar-refractivity contribution in [1.29, 1.82) is 0 Å². The van der Waals surface area contributed by atoms with Gasteiger partial charge in [-0.1, -0.05) is 36.4 Å². The lowest BCUT2D eigenvalue weighted by Gasteiger charge is -2.29. The average molecular weight is 382 g/mol. The Kier molecular flexibility index (Phi) is 5.12. The summed E-state index contributed by atoms with van der Waals surface area (Å²) in [5, 5.41) is 19.0. The largest absolute Gasteiger partial charge is 0.478 e. The van der Waals surface area contributed by atoms with Gasteiger partial charge in [0.05, 0.1) is 23.2 Å². The summed E-state index contributed by atoms with van der Waals surface area (Å²) in [6, 6.07) is 9.51. The van der Waals surface area contributed by atoms with Crippen molar-refractivity contribution in [2.75, 3.05) is 0 Å². The molecule has 8 heteroatoms. The predicted molar refractivity (Wildman–Crippen MR) is 98.3 cm³/mol. The maximum Gasteiger partial charge on any atom is 0.336 e. The van der Waals surface area contributed by atoms with Crippen LogP contribution in [-0.4, -0.2) is 44.9 Å². The number of carboxylic acid groups (broad SMARTS) is 2. The molecular weight excluding hydrogens is 364 g/mol. The number of likely N-dealkylation sites (tertiary alicyclic amines) is 1. The number of ketones is 1. The Morgan fingerprint density at radius 3 is 1.93 bits per heavy atom. The third-order valence-electron chi connectivity index (χ3n) is 4.90. The van der Waals surface area contributed by atoms with Crippen LogP contribution in [0.25, 0.3) is 0 Å². The van der Waals surface area contributed by atoms with Crippen molar-refractivity contribution < 1.29 is 29.4 Å². The molecule has 0 spiro atoms. The van der Waals surface area contributed by atoms with E-state index in [9.17, 15) is 29.4 Å². The predicted octanol–water partition coefficient (Wildman–Crippen LogP) is 2.55. The van der Waals surface area contributed by atoms with Crippen molar-refractivity contribution >= 4 is 23.8 Å². The monoisotopic (exact) mass is 382 g/mol. The molecule has 0 bridgehead atoms. The number of Topliss-reactive ketones (excluding diaryl/α,β-unsaturated/α-hetero) is 1. The number of hydrogen-bond acceptors (Lipinski definition) is 4. The summed E-state index contributed by atoms with van der Waals surface area (Å²) in [6.07, 6.45) is 0.463. The zero-order valence-corrected chi connectivity index (χ0v) is 14.7. The molecule has 4 N–H and O–H groups in total. The maximum absolute atomic E-state index is 12.9. The first-order valence-corrected chi connectivity index (χ1v) is 8.59.